The van der Waals surface area contributed by atoms with E-state index in [9.17, 15) is 13.2 Å². The van der Waals surface area contributed by atoms with Crippen LogP contribution < -0.4 is 10.1 Å². The van der Waals surface area contributed by atoms with Crippen LogP contribution >= 0.6 is 0 Å². The summed E-state index contributed by atoms with van der Waals surface area (Å²) < 4.78 is 46.1. The van der Waals surface area contributed by atoms with Crippen LogP contribution in [0.2, 0.25) is 0 Å². The fourth-order valence-electron chi connectivity index (χ4n) is 4.55. The zero-order valence-corrected chi connectivity index (χ0v) is 18.7. The number of ether oxygens (including phenoxy) is 3. The minimum atomic E-state index is -3.62. The van der Waals surface area contributed by atoms with Gasteiger partial charge in [0.15, 0.2) is 5.79 Å². The second kappa shape index (κ2) is 9.41. The molecule has 1 unspecified atom stereocenters. The summed E-state index contributed by atoms with van der Waals surface area (Å²) in [5.74, 6) is -0.393. The van der Waals surface area contributed by atoms with Crippen LogP contribution in [0.3, 0.4) is 0 Å². The van der Waals surface area contributed by atoms with Gasteiger partial charge in [-0.2, -0.15) is 17.0 Å². The third-order valence-electron chi connectivity index (χ3n) is 6.35. The molecular weight excluding hydrogens is 422 g/mol. The number of piperidine rings is 2. The molecule has 1 atom stereocenters. The zero-order valence-electron chi connectivity index (χ0n) is 17.9. The maximum absolute atomic E-state index is 13.2. The van der Waals surface area contributed by atoms with E-state index in [1.54, 1.807) is 7.11 Å². The van der Waals surface area contributed by atoms with Gasteiger partial charge in [0, 0.05) is 51.1 Å². The Bertz CT molecular complexity index is 877. The molecule has 3 heterocycles. The molecule has 0 bridgehead atoms. The highest BCUT2D eigenvalue weighted by atomic mass is 32.2. The van der Waals surface area contributed by atoms with E-state index in [4.69, 9.17) is 14.2 Å². The van der Waals surface area contributed by atoms with Gasteiger partial charge in [0.25, 0.3) is 10.2 Å². The molecule has 1 N–H and O–H groups in total. The number of rotatable bonds is 6. The van der Waals surface area contributed by atoms with Crippen LogP contribution in [0.15, 0.2) is 24.3 Å². The normalized spacial score (nSPS) is 24.9. The smallest absolute Gasteiger partial charge is 0.282 e. The molecule has 0 saturated carbocycles. The van der Waals surface area contributed by atoms with Crippen LogP contribution in [-0.4, -0.2) is 75.2 Å². The molecule has 0 aromatic heterocycles. The molecule has 3 aliphatic heterocycles. The Hall–Kier alpha value is -1.72. The Kier molecular flexibility index (Phi) is 6.83. The fraction of sp³-hybridized carbons (Fsp3) is 0.667. The van der Waals surface area contributed by atoms with Gasteiger partial charge in [0.2, 0.25) is 5.91 Å². The Morgan fingerprint density at radius 3 is 2.58 bits per heavy atom. The highest BCUT2D eigenvalue weighted by molar-refractivity contribution is 7.86. The largest absolute Gasteiger partial charge is 0.496 e. The van der Waals surface area contributed by atoms with Crippen LogP contribution in [0.5, 0.6) is 5.75 Å². The van der Waals surface area contributed by atoms with Gasteiger partial charge in [0.1, 0.15) is 5.75 Å². The molecule has 3 aliphatic rings. The molecule has 4 rings (SSSR count). The second-order valence-electron chi connectivity index (χ2n) is 8.24. The van der Waals surface area contributed by atoms with E-state index < -0.39 is 16.0 Å². The van der Waals surface area contributed by atoms with Crippen molar-refractivity contribution in [3.63, 3.8) is 0 Å². The first kappa shape index (κ1) is 22.5. The van der Waals surface area contributed by atoms with E-state index in [0.29, 0.717) is 70.8 Å². The molecule has 0 radical (unpaired) electrons. The maximum Gasteiger partial charge on any atom is 0.282 e. The SMILES string of the molecule is COc1ccccc1CNC(=O)C1CCCN(S(=O)(=O)N2CCC3(CC2)OCCO3)C1. The van der Waals surface area contributed by atoms with Crippen LogP contribution in [-0.2, 0) is 31.0 Å². The zero-order chi connectivity index (χ0) is 21.9. The van der Waals surface area contributed by atoms with Gasteiger partial charge in [-0.1, -0.05) is 18.2 Å². The first-order chi connectivity index (χ1) is 14.9. The van der Waals surface area contributed by atoms with Crippen molar-refractivity contribution in [1.29, 1.82) is 0 Å². The molecule has 1 aromatic rings. The van der Waals surface area contributed by atoms with Crippen molar-refractivity contribution in [2.24, 2.45) is 5.92 Å². The Labute approximate surface area is 183 Å². The van der Waals surface area contributed by atoms with Crippen molar-refractivity contribution < 1.29 is 27.4 Å². The number of nitrogens with zero attached hydrogens (tertiary/aromatic N) is 2. The quantitative estimate of drug-likeness (QED) is 0.693. The minimum Gasteiger partial charge on any atom is -0.496 e. The summed E-state index contributed by atoms with van der Waals surface area (Å²) in [5, 5.41) is 2.94. The summed E-state index contributed by atoms with van der Waals surface area (Å²) in [6.07, 6.45) is 2.40. The molecule has 1 spiro atoms. The summed E-state index contributed by atoms with van der Waals surface area (Å²) >= 11 is 0. The van der Waals surface area contributed by atoms with E-state index >= 15 is 0 Å². The van der Waals surface area contributed by atoms with Gasteiger partial charge in [-0.3, -0.25) is 4.79 Å². The molecule has 3 fully saturated rings. The third kappa shape index (κ3) is 4.88. The van der Waals surface area contributed by atoms with Gasteiger partial charge in [-0.15, -0.1) is 0 Å². The molecule has 0 aliphatic carbocycles. The summed E-state index contributed by atoms with van der Waals surface area (Å²) in [4.78, 5) is 12.8. The monoisotopic (exact) mass is 453 g/mol. The number of carbonyl (C=O) groups is 1. The number of methoxy groups -OCH3 is 1. The first-order valence-electron chi connectivity index (χ1n) is 10.9. The Morgan fingerprint density at radius 1 is 1.16 bits per heavy atom. The molecule has 172 valence electrons. The topological polar surface area (TPSA) is 97.4 Å². The van der Waals surface area contributed by atoms with E-state index in [-0.39, 0.29) is 18.4 Å². The van der Waals surface area contributed by atoms with E-state index in [2.05, 4.69) is 5.32 Å². The van der Waals surface area contributed by atoms with Crippen LogP contribution in [0.1, 0.15) is 31.2 Å². The number of amides is 1. The number of hydrogen-bond acceptors (Lipinski definition) is 6. The van der Waals surface area contributed by atoms with E-state index in [1.165, 1.54) is 8.61 Å². The predicted octanol–water partition coefficient (Wildman–Crippen LogP) is 1.11. The average Bonchev–Trinajstić information content (AvgIpc) is 3.25. The van der Waals surface area contributed by atoms with Crippen LogP contribution in [0, 0.1) is 5.92 Å². The number of nitrogens with one attached hydrogen (secondary N) is 1. The lowest BCUT2D eigenvalue weighted by atomic mass is 9.98. The Morgan fingerprint density at radius 2 is 1.87 bits per heavy atom. The van der Waals surface area contributed by atoms with E-state index in [0.717, 1.165) is 5.56 Å². The van der Waals surface area contributed by atoms with Crippen molar-refractivity contribution in [3.8, 4) is 5.75 Å². The van der Waals surface area contributed by atoms with Gasteiger partial charge in [-0.25, -0.2) is 0 Å². The van der Waals surface area contributed by atoms with Gasteiger partial charge < -0.3 is 19.5 Å². The van der Waals surface area contributed by atoms with Crippen molar-refractivity contribution in [2.45, 2.75) is 38.0 Å². The number of carbonyl (C=O) groups excluding carboxylic acids is 1. The highest BCUT2D eigenvalue weighted by Gasteiger charge is 2.44. The highest BCUT2D eigenvalue weighted by Crippen LogP contribution is 2.33. The van der Waals surface area contributed by atoms with E-state index in [1.807, 2.05) is 24.3 Å². The third-order valence-corrected chi connectivity index (χ3v) is 8.35. The Balaban J connectivity index is 1.33. The average molecular weight is 454 g/mol. The van der Waals surface area contributed by atoms with Crippen molar-refractivity contribution in [2.75, 3.05) is 46.5 Å². The summed E-state index contributed by atoms with van der Waals surface area (Å²) in [5.41, 5.74) is 0.886. The van der Waals surface area contributed by atoms with Crippen molar-refractivity contribution in [3.05, 3.63) is 29.8 Å². The van der Waals surface area contributed by atoms with Gasteiger partial charge in [-0.05, 0) is 18.9 Å². The maximum atomic E-state index is 13.2. The molecular formula is C21H31N3O6S. The molecule has 3 saturated heterocycles. The summed E-state index contributed by atoms with van der Waals surface area (Å²) in [6, 6.07) is 7.52. The number of para-hydroxylation sites is 1. The fourth-order valence-corrected chi connectivity index (χ4v) is 6.25. The lowest BCUT2D eigenvalue weighted by molar-refractivity contribution is -0.179. The van der Waals surface area contributed by atoms with Crippen molar-refractivity contribution >= 4 is 16.1 Å². The molecule has 1 aromatic carbocycles. The van der Waals surface area contributed by atoms with Gasteiger partial charge >= 0.3 is 0 Å². The summed E-state index contributed by atoms with van der Waals surface area (Å²) in [6.45, 7) is 2.84. The first-order valence-corrected chi connectivity index (χ1v) is 12.3. The molecule has 31 heavy (non-hydrogen) atoms. The number of benzene rings is 1. The number of hydrogen-bond donors (Lipinski definition) is 1. The molecule has 10 heteroatoms. The van der Waals surface area contributed by atoms with Crippen LogP contribution in [0.4, 0.5) is 0 Å². The lowest BCUT2D eigenvalue weighted by Crippen LogP contribution is -2.54. The lowest BCUT2D eigenvalue weighted by Gasteiger charge is -2.40. The van der Waals surface area contributed by atoms with Gasteiger partial charge in [0.05, 0.1) is 26.2 Å². The molecule has 9 nitrogen and oxygen atoms in total. The van der Waals surface area contributed by atoms with Crippen LogP contribution in [0.25, 0.3) is 0 Å². The predicted molar refractivity (Wildman–Crippen MR) is 113 cm³/mol. The molecule has 1 amide bonds. The standard InChI is InChI=1S/C21H31N3O6S/c1-28-19-7-3-2-5-17(19)15-22-20(25)18-6-4-10-24(16-18)31(26,27)23-11-8-21(9-12-23)29-13-14-30-21/h2-3,5,7,18H,4,6,8-16H2,1H3,(H,22,25). The van der Waals surface area contributed by atoms with Crippen molar-refractivity contribution in [1.82, 2.24) is 13.9 Å². The summed E-state index contributed by atoms with van der Waals surface area (Å²) in [7, 11) is -2.02. The minimum absolute atomic E-state index is 0.129. The second-order valence-corrected chi connectivity index (χ2v) is 10.2.